The number of sulfonamides is 1. The zero-order valence-corrected chi connectivity index (χ0v) is 12.0. The Bertz CT molecular complexity index is 715. The van der Waals surface area contributed by atoms with Crippen molar-refractivity contribution >= 4 is 26.6 Å². The molecule has 0 radical (unpaired) electrons. The minimum Gasteiger partial charge on any atom is -0.399 e. The number of hydrogen-bond acceptors (Lipinski definition) is 3. The molecule has 3 rings (SSSR count). The summed E-state index contributed by atoms with van der Waals surface area (Å²) in [4.78, 5) is 3.27. The van der Waals surface area contributed by atoms with Crippen LogP contribution >= 0.6 is 0 Å². The van der Waals surface area contributed by atoms with Crippen LogP contribution in [0.1, 0.15) is 32.1 Å². The molecule has 0 unspecified atom stereocenters. The first-order valence-corrected chi connectivity index (χ1v) is 8.43. The van der Waals surface area contributed by atoms with Gasteiger partial charge in [0.05, 0.1) is 0 Å². The highest BCUT2D eigenvalue weighted by Crippen LogP contribution is 2.26. The molecule has 0 saturated heterocycles. The molecule has 1 aromatic heterocycles. The van der Waals surface area contributed by atoms with Crippen LogP contribution < -0.4 is 10.5 Å². The number of hydrogen-bond donors (Lipinski definition) is 3. The first-order valence-electron chi connectivity index (χ1n) is 6.95. The number of rotatable bonds is 3. The molecule has 6 heteroatoms. The standard InChI is InChI=1S/C14H19N3O2S/c15-10-6-7-13-12(8-10)14(9-16-13)20(18,19)17-11-4-2-1-3-5-11/h6-9,11,16-17H,1-5,15H2. The molecule has 0 atom stereocenters. The Morgan fingerprint density at radius 1 is 1.20 bits per heavy atom. The van der Waals surface area contributed by atoms with Crippen LogP contribution in [0.25, 0.3) is 10.9 Å². The number of fused-ring (bicyclic) bond motifs is 1. The lowest BCUT2D eigenvalue weighted by Crippen LogP contribution is -2.36. The lowest BCUT2D eigenvalue weighted by atomic mass is 9.96. The second-order valence-electron chi connectivity index (χ2n) is 5.41. The van der Waals surface area contributed by atoms with E-state index in [0.29, 0.717) is 11.1 Å². The maximum atomic E-state index is 12.5. The molecule has 1 aliphatic carbocycles. The first kappa shape index (κ1) is 13.5. The van der Waals surface area contributed by atoms with Gasteiger partial charge in [0.25, 0.3) is 0 Å². The Morgan fingerprint density at radius 2 is 1.95 bits per heavy atom. The van der Waals surface area contributed by atoms with E-state index in [1.807, 2.05) is 0 Å². The van der Waals surface area contributed by atoms with Crippen molar-refractivity contribution in [1.82, 2.24) is 9.71 Å². The molecule has 1 saturated carbocycles. The Labute approximate surface area is 118 Å². The molecule has 0 amide bonds. The van der Waals surface area contributed by atoms with Gasteiger partial charge < -0.3 is 10.7 Å². The van der Waals surface area contributed by atoms with E-state index in [0.717, 1.165) is 31.2 Å². The highest BCUT2D eigenvalue weighted by atomic mass is 32.2. The predicted octanol–water partition coefficient (Wildman–Crippen LogP) is 2.36. The van der Waals surface area contributed by atoms with Crippen LogP contribution in [0.15, 0.2) is 29.3 Å². The van der Waals surface area contributed by atoms with E-state index >= 15 is 0 Å². The molecule has 1 aromatic carbocycles. The van der Waals surface area contributed by atoms with Gasteiger partial charge in [0.1, 0.15) is 4.90 Å². The second kappa shape index (κ2) is 5.10. The zero-order valence-electron chi connectivity index (χ0n) is 11.2. The molecule has 0 aliphatic heterocycles. The summed E-state index contributed by atoms with van der Waals surface area (Å²) in [5.41, 5.74) is 7.09. The lowest BCUT2D eigenvalue weighted by molar-refractivity contribution is 0.412. The Balaban J connectivity index is 1.94. The third kappa shape index (κ3) is 2.53. The van der Waals surface area contributed by atoms with Gasteiger partial charge in [-0.1, -0.05) is 19.3 Å². The smallest absolute Gasteiger partial charge is 0.242 e. The Hall–Kier alpha value is -1.53. The van der Waals surface area contributed by atoms with E-state index in [4.69, 9.17) is 5.73 Å². The van der Waals surface area contributed by atoms with Crippen molar-refractivity contribution in [1.29, 1.82) is 0 Å². The van der Waals surface area contributed by atoms with Crippen LogP contribution in [-0.4, -0.2) is 19.4 Å². The van der Waals surface area contributed by atoms with E-state index < -0.39 is 10.0 Å². The molecule has 1 fully saturated rings. The molecule has 0 spiro atoms. The van der Waals surface area contributed by atoms with Crippen LogP contribution in [0.4, 0.5) is 5.69 Å². The minimum atomic E-state index is -3.50. The maximum absolute atomic E-state index is 12.5. The number of nitrogen functional groups attached to an aromatic ring is 1. The minimum absolute atomic E-state index is 0.0553. The van der Waals surface area contributed by atoms with Crippen molar-refractivity contribution in [2.24, 2.45) is 0 Å². The fraction of sp³-hybridized carbons (Fsp3) is 0.429. The van der Waals surface area contributed by atoms with Crippen molar-refractivity contribution in [2.45, 2.75) is 43.0 Å². The van der Waals surface area contributed by atoms with Crippen LogP contribution in [-0.2, 0) is 10.0 Å². The number of anilines is 1. The maximum Gasteiger partial charge on any atom is 0.242 e. The van der Waals surface area contributed by atoms with E-state index in [2.05, 4.69) is 9.71 Å². The highest BCUT2D eigenvalue weighted by molar-refractivity contribution is 7.89. The third-order valence-corrected chi connectivity index (χ3v) is 5.44. The molecule has 108 valence electrons. The van der Waals surface area contributed by atoms with E-state index in [1.165, 1.54) is 12.6 Å². The summed E-state index contributed by atoms with van der Waals surface area (Å²) in [6.45, 7) is 0. The molecule has 20 heavy (non-hydrogen) atoms. The summed E-state index contributed by atoms with van der Waals surface area (Å²) in [5, 5.41) is 0.647. The van der Waals surface area contributed by atoms with Crippen molar-refractivity contribution in [3.8, 4) is 0 Å². The van der Waals surface area contributed by atoms with Crippen molar-refractivity contribution in [2.75, 3.05) is 5.73 Å². The fourth-order valence-corrected chi connectivity index (χ4v) is 4.31. The third-order valence-electron chi connectivity index (χ3n) is 3.88. The summed E-state index contributed by atoms with van der Waals surface area (Å²) in [6.07, 6.45) is 6.76. The predicted molar refractivity (Wildman–Crippen MR) is 79.9 cm³/mol. The van der Waals surface area contributed by atoms with Gasteiger partial charge in [-0.15, -0.1) is 0 Å². The first-order chi connectivity index (χ1) is 9.56. The Morgan fingerprint density at radius 3 is 2.70 bits per heavy atom. The lowest BCUT2D eigenvalue weighted by Gasteiger charge is -2.22. The number of nitrogens with one attached hydrogen (secondary N) is 2. The van der Waals surface area contributed by atoms with Gasteiger partial charge in [0.15, 0.2) is 0 Å². The number of benzene rings is 1. The van der Waals surface area contributed by atoms with Gasteiger partial charge in [-0.25, -0.2) is 13.1 Å². The topological polar surface area (TPSA) is 88.0 Å². The van der Waals surface area contributed by atoms with Gasteiger partial charge in [0, 0.05) is 28.8 Å². The molecular weight excluding hydrogens is 274 g/mol. The van der Waals surface area contributed by atoms with Crippen molar-refractivity contribution in [3.63, 3.8) is 0 Å². The molecule has 2 aromatic rings. The van der Waals surface area contributed by atoms with Gasteiger partial charge in [-0.2, -0.15) is 0 Å². The average molecular weight is 293 g/mol. The van der Waals surface area contributed by atoms with Gasteiger partial charge >= 0.3 is 0 Å². The quantitative estimate of drug-likeness (QED) is 0.759. The van der Waals surface area contributed by atoms with E-state index in [-0.39, 0.29) is 10.9 Å². The van der Waals surface area contributed by atoms with Crippen LogP contribution in [0.3, 0.4) is 0 Å². The van der Waals surface area contributed by atoms with Crippen LogP contribution in [0.5, 0.6) is 0 Å². The summed E-state index contributed by atoms with van der Waals surface area (Å²) in [5.74, 6) is 0. The molecule has 4 N–H and O–H groups in total. The summed E-state index contributed by atoms with van der Waals surface area (Å²) in [6, 6.07) is 5.30. The van der Waals surface area contributed by atoms with E-state index in [9.17, 15) is 8.42 Å². The average Bonchev–Trinajstić information content (AvgIpc) is 2.83. The fourth-order valence-electron chi connectivity index (χ4n) is 2.84. The molecule has 1 heterocycles. The molecule has 1 aliphatic rings. The van der Waals surface area contributed by atoms with Crippen molar-refractivity contribution < 1.29 is 8.42 Å². The summed E-state index contributed by atoms with van der Waals surface area (Å²) in [7, 11) is -3.50. The monoisotopic (exact) mass is 293 g/mol. The van der Waals surface area contributed by atoms with Gasteiger partial charge in [-0.05, 0) is 31.0 Å². The Kier molecular flexibility index (Phi) is 3.43. The second-order valence-corrected chi connectivity index (χ2v) is 7.10. The van der Waals surface area contributed by atoms with Crippen molar-refractivity contribution in [3.05, 3.63) is 24.4 Å². The number of nitrogens with two attached hydrogens (primary N) is 1. The van der Waals surface area contributed by atoms with Gasteiger partial charge in [-0.3, -0.25) is 0 Å². The van der Waals surface area contributed by atoms with E-state index in [1.54, 1.807) is 18.2 Å². The summed E-state index contributed by atoms with van der Waals surface area (Å²) >= 11 is 0. The highest BCUT2D eigenvalue weighted by Gasteiger charge is 2.24. The zero-order chi connectivity index (χ0) is 14.2. The molecular formula is C14H19N3O2S. The number of aromatic amines is 1. The molecule has 0 bridgehead atoms. The largest absolute Gasteiger partial charge is 0.399 e. The summed E-state index contributed by atoms with van der Waals surface area (Å²) < 4.78 is 27.9. The van der Waals surface area contributed by atoms with Crippen LogP contribution in [0, 0.1) is 0 Å². The SMILES string of the molecule is Nc1ccc2[nH]cc(S(=O)(=O)NC3CCCCC3)c2c1. The molecule has 5 nitrogen and oxygen atoms in total. The van der Waals surface area contributed by atoms with Crippen LogP contribution in [0.2, 0.25) is 0 Å². The normalized spacial score (nSPS) is 17.6. The van der Waals surface area contributed by atoms with Gasteiger partial charge in [0.2, 0.25) is 10.0 Å². The number of H-pyrrole nitrogens is 1. The number of aromatic nitrogens is 1.